The van der Waals surface area contributed by atoms with E-state index in [1.807, 2.05) is 26.0 Å². The molecule has 1 aromatic carbocycles. The number of hydrogen-bond acceptors (Lipinski definition) is 4. The van der Waals surface area contributed by atoms with Gasteiger partial charge >= 0.3 is 0 Å². The summed E-state index contributed by atoms with van der Waals surface area (Å²) in [5, 5.41) is 2.16. The number of rotatable bonds is 4. The van der Waals surface area contributed by atoms with Gasteiger partial charge in [-0.25, -0.2) is 0 Å². The second-order valence-electron chi connectivity index (χ2n) is 6.01. The molecule has 1 unspecified atom stereocenters. The molecular weight excluding hydrogens is 320 g/mol. The van der Waals surface area contributed by atoms with E-state index in [1.54, 1.807) is 13.0 Å². The lowest BCUT2D eigenvalue weighted by molar-refractivity contribution is -0.139. The third kappa shape index (κ3) is 4.75. The lowest BCUT2D eigenvalue weighted by atomic mass is 9.96. The Labute approximate surface area is 148 Å². The highest BCUT2D eigenvalue weighted by Gasteiger charge is 2.35. The van der Waals surface area contributed by atoms with E-state index in [0.29, 0.717) is 17.9 Å². The number of imide groups is 2. The lowest BCUT2D eigenvalue weighted by Gasteiger charge is -2.28. The standard InChI is InChI=1S/C17H20N2O4.C2H6/c1-10(2)12-4-5-13(11(3)8-12)17(23)19(9-20)14-6-7-15(21)18-16(14)22;1-2/h4-5,8-10,14H,6-7H2,1-3H3,(H,18,21,22);1-2H3. The van der Waals surface area contributed by atoms with Gasteiger partial charge in [-0.1, -0.05) is 39.8 Å². The van der Waals surface area contributed by atoms with Crippen LogP contribution in [-0.2, 0) is 14.4 Å². The van der Waals surface area contributed by atoms with Crippen molar-refractivity contribution in [2.24, 2.45) is 0 Å². The molecular formula is C19H26N2O4. The topological polar surface area (TPSA) is 83.6 Å². The summed E-state index contributed by atoms with van der Waals surface area (Å²) in [5.74, 6) is -1.20. The average Bonchev–Trinajstić information content (AvgIpc) is 2.58. The summed E-state index contributed by atoms with van der Waals surface area (Å²) in [6.07, 6.45) is 0.621. The smallest absolute Gasteiger partial charge is 0.261 e. The van der Waals surface area contributed by atoms with Crippen molar-refractivity contribution in [2.45, 2.75) is 59.4 Å². The molecule has 2 rings (SSSR count). The average molecular weight is 346 g/mol. The Kier molecular flexibility index (Phi) is 7.48. The number of nitrogens with zero attached hydrogens (tertiary/aromatic N) is 1. The Morgan fingerprint density at radius 2 is 1.92 bits per heavy atom. The van der Waals surface area contributed by atoms with Gasteiger partial charge in [0.15, 0.2) is 0 Å². The van der Waals surface area contributed by atoms with Crippen LogP contribution < -0.4 is 5.32 Å². The van der Waals surface area contributed by atoms with Gasteiger partial charge in [-0.15, -0.1) is 0 Å². The van der Waals surface area contributed by atoms with Crippen LogP contribution in [0.15, 0.2) is 18.2 Å². The Morgan fingerprint density at radius 3 is 2.40 bits per heavy atom. The van der Waals surface area contributed by atoms with E-state index in [1.165, 1.54) is 0 Å². The molecule has 6 heteroatoms. The van der Waals surface area contributed by atoms with Crippen LogP contribution in [0.2, 0.25) is 0 Å². The van der Waals surface area contributed by atoms with E-state index in [0.717, 1.165) is 16.0 Å². The van der Waals surface area contributed by atoms with E-state index in [9.17, 15) is 19.2 Å². The SMILES string of the molecule is CC.Cc1cc(C(C)C)ccc1C(=O)N(C=O)C1CCC(=O)NC1=O. The molecule has 1 aromatic rings. The zero-order valence-electron chi connectivity index (χ0n) is 15.5. The molecule has 0 bridgehead atoms. The molecule has 1 atom stereocenters. The van der Waals surface area contributed by atoms with Crippen LogP contribution in [-0.4, -0.2) is 35.1 Å². The number of carbonyl (C=O) groups is 4. The van der Waals surface area contributed by atoms with Crippen molar-refractivity contribution in [2.75, 3.05) is 0 Å². The summed E-state index contributed by atoms with van der Waals surface area (Å²) in [4.78, 5) is 48.0. The Bertz CT molecular complexity index is 667. The number of aryl methyl sites for hydroxylation is 1. The summed E-state index contributed by atoms with van der Waals surface area (Å²) >= 11 is 0. The minimum absolute atomic E-state index is 0.110. The van der Waals surface area contributed by atoms with E-state index in [2.05, 4.69) is 19.2 Å². The number of amides is 4. The van der Waals surface area contributed by atoms with Crippen LogP contribution in [0.4, 0.5) is 0 Å². The van der Waals surface area contributed by atoms with Gasteiger partial charge in [-0.3, -0.25) is 29.4 Å². The third-order valence-corrected chi connectivity index (χ3v) is 4.04. The van der Waals surface area contributed by atoms with Gasteiger partial charge in [0.05, 0.1) is 0 Å². The fraction of sp³-hybridized carbons (Fsp3) is 0.474. The first-order valence-corrected chi connectivity index (χ1v) is 8.57. The minimum atomic E-state index is -0.943. The molecule has 6 nitrogen and oxygen atoms in total. The van der Waals surface area contributed by atoms with Gasteiger partial charge in [0, 0.05) is 12.0 Å². The van der Waals surface area contributed by atoms with Crippen LogP contribution in [0.3, 0.4) is 0 Å². The second kappa shape index (κ2) is 9.11. The molecule has 0 radical (unpaired) electrons. The Balaban J connectivity index is 0.00000151. The van der Waals surface area contributed by atoms with Crippen LogP contribution in [0.1, 0.15) is 67.9 Å². The fourth-order valence-corrected chi connectivity index (χ4v) is 2.64. The quantitative estimate of drug-likeness (QED) is 0.671. The Morgan fingerprint density at radius 1 is 1.28 bits per heavy atom. The van der Waals surface area contributed by atoms with Crippen molar-refractivity contribution in [3.05, 3.63) is 34.9 Å². The lowest BCUT2D eigenvalue weighted by Crippen LogP contribution is -2.53. The maximum absolute atomic E-state index is 12.6. The first-order valence-electron chi connectivity index (χ1n) is 8.57. The fourth-order valence-electron chi connectivity index (χ4n) is 2.64. The number of nitrogens with one attached hydrogen (secondary N) is 1. The summed E-state index contributed by atoms with van der Waals surface area (Å²) in [6, 6.07) is 4.49. The van der Waals surface area contributed by atoms with Crippen LogP contribution in [0.5, 0.6) is 0 Å². The summed E-state index contributed by atoms with van der Waals surface area (Å²) in [7, 11) is 0. The number of piperidine rings is 1. The van der Waals surface area contributed by atoms with Crippen molar-refractivity contribution in [3.8, 4) is 0 Å². The van der Waals surface area contributed by atoms with Crippen LogP contribution in [0.25, 0.3) is 0 Å². The van der Waals surface area contributed by atoms with E-state index in [-0.39, 0.29) is 18.7 Å². The highest BCUT2D eigenvalue weighted by Crippen LogP contribution is 2.21. The largest absolute Gasteiger partial charge is 0.295 e. The zero-order valence-corrected chi connectivity index (χ0v) is 15.5. The molecule has 1 N–H and O–H groups in total. The summed E-state index contributed by atoms with van der Waals surface area (Å²) < 4.78 is 0. The van der Waals surface area contributed by atoms with Crippen LogP contribution >= 0.6 is 0 Å². The zero-order chi connectivity index (χ0) is 19.1. The second-order valence-corrected chi connectivity index (χ2v) is 6.01. The van der Waals surface area contributed by atoms with Crippen molar-refractivity contribution >= 4 is 24.1 Å². The molecule has 1 saturated heterocycles. The van der Waals surface area contributed by atoms with Gasteiger partial charge < -0.3 is 0 Å². The monoisotopic (exact) mass is 346 g/mol. The molecule has 1 aliphatic heterocycles. The highest BCUT2D eigenvalue weighted by atomic mass is 16.2. The number of hydrogen-bond donors (Lipinski definition) is 1. The minimum Gasteiger partial charge on any atom is -0.295 e. The normalized spacial score (nSPS) is 16.6. The van der Waals surface area contributed by atoms with Crippen LogP contribution in [0, 0.1) is 6.92 Å². The third-order valence-electron chi connectivity index (χ3n) is 4.04. The van der Waals surface area contributed by atoms with Crippen molar-refractivity contribution in [3.63, 3.8) is 0 Å². The Hall–Kier alpha value is -2.50. The van der Waals surface area contributed by atoms with Gasteiger partial charge in [0.25, 0.3) is 5.91 Å². The predicted molar refractivity (Wildman–Crippen MR) is 95.0 cm³/mol. The van der Waals surface area contributed by atoms with Gasteiger partial charge in [-0.2, -0.15) is 0 Å². The van der Waals surface area contributed by atoms with Gasteiger partial charge in [-0.05, 0) is 36.5 Å². The van der Waals surface area contributed by atoms with E-state index < -0.39 is 17.9 Å². The molecule has 0 aromatic heterocycles. The molecule has 0 saturated carbocycles. The number of carbonyl (C=O) groups excluding carboxylic acids is 4. The molecule has 1 heterocycles. The van der Waals surface area contributed by atoms with E-state index in [4.69, 9.17) is 0 Å². The molecule has 0 aliphatic carbocycles. The predicted octanol–water partition coefficient (Wildman–Crippen LogP) is 2.55. The molecule has 0 spiro atoms. The highest BCUT2D eigenvalue weighted by molar-refractivity contribution is 6.07. The molecule has 25 heavy (non-hydrogen) atoms. The van der Waals surface area contributed by atoms with Crippen molar-refractivity contribution < 1.29 is 19.2 Å². The summed E-state index contributed by atoms with van der Waals surface area (Å²) in [6.45, 7) is 9.90. The first-order chi connectivity index (χ1) is 11.8. The van der Waals surface area contributed by atoms with Crippen molar-refractivity contribution in [1.29, 1.82) is 0 Å². The van der Waals surface area contributed by atoms with Gasteiger partial charge in [0.1, 0.15) is 6.04 Å². The van der Waals surface area contributed by atoms with Gasteiger partial charge in [0.2, 0.25) is 18.2 Å². The van der Waals surface area contributed by atoms with Crippen molar-refractivity contribution in [1.82, 2.24) is 10.2 Å². The molecule has 4 amide bonds. The first kappa shape index (κ1) is 20.5. The van der Waals surface area contributed by atoms with E-state index >= 15 is 0 Å². The molecule has 1 aliphatic rings. The molecule has 1 fully saturated rings. The maximum Gasteiger partial charge on any atom is 0.261 e. The molecule has 136 valence electrons. The summed E-state index contributed by atoms with van der Waals surface area (Å²) in [5.41, 5.74) is 2.23. The maximum atomic E-state index is 12.6. The number of benzene rings is 1.